The summed E-state index contributed by atoms with van der Waals surface area (Å²) in [4.78, 5) is 11.6. The van der Waals surface area contributed by atoms with E-state index in [1.54, 1.807) is 0 Å². The van der Waals surface area contributed by atoms with Gasteiger partial charge in [-0.3, -0.25) is 4.79 Å². The molecule has 1 atom stereocenters. The lowest BCUT2D eigenvalue weighted by atomic mass is 10.2. The van der Waals surface area contributed by atoms with Gasteiger partial charge in [0, 0.05) is 18.2 Å². The largest absolute Gasteiger partial charge is 0.478 e. The van der Waals surface area contributed by atoms with Crippen molar-refractivity contribution < 1.29 is 18.3 Å². The molecule has 1 aromatic carbocycles. The zero-order chi connectivity index (χ0) is 13.3. The number of carbonyl (C=O) groups is 1. The summed E-state index contributed by atoms with van der Waals surface area (Å²) < 4.78 is 31.7. The van der Waals surface area contributed by atoms with Crippen molar-refractivity contribution in [1.82, 2.24) is 5.32 Å². The number of amides is 1. The third-order valence-electron chi connectivity index (χ3n) is 2.65. The summed E-state index contributed by atoms with van der Waals surface area (Å²) in [7, 11) is 0. The van der Waals surface area contributed by atoms with Crippen molar-refractivity contribution in [3.8, 4) is 5.75 Å². The second kappa shape index (κ2) is 4.80. The Labute approximate surface area is 103 Å². The lowest BCUT2D eigenvalue weighted by molar-refractivity contribution is -0.127. The molecule has 0 saturated heterocycles. The Morgan fingerprint density at radius 1 is 1.44 bits per heavy atom. The van der Waals surface area contributed by atoms with Crippen molar-refractivity contribution in [2.75, 3.05) is 5.73 Å². The van der Waals surface area contributed by atoms with Gasteiger partial charge in [0.15, 0.2) is 17.7 Å². The van der Waals surface area contributed by atoms with Crippen molar-refractivity contribution in [2.24, 2.45) is 0 Å². The Bertz CT molecular complexity index is 475. The van der Waals surface area contributed by atoms with E-state index in [4.69, 9.17) is 10.5 Å². The van der Waals surface area contributed by atoms with Crippen LogP contribution in [-0.4, -0.2) is 18.1 Å². The van der Waals surface area contributed by atoms with Gasteiger partial charge < -0.3 is 15.8 Å². The van der Waals surface area contributed by atoms with Gasteiger partial charge in [-0.05, 0) is 19.8 Å². The van der Waals surface area contributed by atoms with Crippen molar-refractivity contribution in [3.05, 3.63) is 23.8 Å². The van der Waals surface area contributed by atoms with E-state index in [0.29, 0.717) is 0 Å². The van der Waals surface area contributed by atoms with Gasteiger partial charge in [0.1, 0.15) is 5.82 Å². The van der Waals surface area contributed by atoms with E-state index < -0.39 is 17.7 Å². The highest BCUT2D eigenvalue weighted by Gasteiger charge is 2.26. The Balaban J connectivity index is 2.03. The second-order valence-electron chi connectivity index (χ2n) is 4.35. The molecule has 3 N–H and O–H groups in total. The molecule has 1 aromatic rings. The molecule has 0 heterocycles. The number of hydrogen-bond donors (Lipinski definition) is 2. The van der Waals surface area contributed by atoms with Crippen LogP contribution in [0.4, 0.5) is 14.5 Å². The third-order valence-corrected chi connectivity index (χ3v) is 2.65. The fraction of sp³-hybridized carbons (Fsp3) is 0.417. The fourth-order valence-electron chi connectivity index (χ4n) is 1.42. The molecule has 0 aromatic heterocycles. The minimum absolute atomic E-state index is 0.191. The van der Waals surface area contributed by atoms with Gasteiger partial charge in [-0.2, -0.15) is 0 Å². The zero-order valence-corrected chi connectivity index (χ0v) is 9.87. The summed E-state index contributed by atoms with van der Waals surface area (Å²) in [5.74, 6) is -2.23. The standard InChI is InChI=1S/C12H14F2N2O2/c1-6(12(17)16-7-2-3-7)18-11-5-8(13)10(15)4-9(11)14/h4-7H,2-3,15H2,1H3,(H,16,17). The monoisotopic (exact) mass is 256 g/mol. The smallest absolute Gasteiger partial charge is 0.260 e. The molecule has 1 aliphatic carbocycles. The predicted molar refractivity (Wildman–Crippen MR) is 62.0 cm³/mol. The molecule has 18 heavy (non-hydrogen) atoms. The second-order valence-corrected chi connectivity index (χ2v) is 4.35. The zero-order valence-electron chi connectivity index (χ0n) is 9.87. The van der Waals surface area contributed by atoms with Crippen molar-refractivity contribution >= 4 is 11.6 Å². The molecule has 0 radical (unpaired) electrons. The maximum absolute atomic E-state index is 13.4. The topological polar surface area (TPSA) is 64.3 Å². The van der Waals surface area contributed by atoms with E-state index in [1.807, 2.05) is 0 Å². The number of carbonyl (C=O) groups excluding carboxylic acids is 1. The highest BCUT2D eigenvalue weighted by atomic mass is 19.1. The summed E-state index contributed by atoms with van der Waals surface area (Å²) in [5.41, 5.74) is 4.91. The van der Waals surface area contributed by atoms with Gasteiger partial charge in [0.25, 0.3) is 5.91 Å². The van der Waals surface area contributed by atoms with Crippen LogP contribution in [0.15, 0.2) is 12.1 Å². The number of halogens is 2. The van der Waals surface area contributed by atoms with Gasteiger partial charge in [0.2, 0.25) is 0 Å². The van der Waals surface area contributed by atoms with E-state index >= 15 is 0 Å². The van der Waals surface area contributed by atoms with E-state index in [1.165, 1.54) is 6.92 Å². The molecule has 6 heteroatoms. The van der Waals surface area contributed by atoms with Crippen molar-refractivity contribution in [1.29, 1.82) is 0 Å². The summed E-state index contributed by atoms with van der Waals surface area (Å²) in [6.45, 7) is 1.48. The van der Waals surface area contributed by atoms with Gasteiger partial charge in [-0.1, -0.05) is 0 Å². The molecular formula is C12H14F2N2O2. The SMILES string of the molecule is CC(Oc1cc(F)c(N)cc1F)C(=O)NC1CC1. The van der Waals surface area contributed by atoms with Crippen LogP contribution in [0.25, 0.3) is 0 Å². The quantitative estimate of drug-likeness (QED) is 0.804. The Kier molecular flexibility index (Phi) is 3.36. The molecule has 4 nitrogen and oxygen atoms in total. The molecule has 98 valence electrons. The number of ether oxygens (including phenoxy) is 1. The molecule has 1 amide bonds. The van der Waals surface area contributed by atoms with E-state index in [0.717, 1.165) is 25.0 Å². The molecule has 1 aliphatic rings. The lowest BCUT2D eigenvalue weighted by Crippen LogP contribution is -2.37. The Morgan fingerprint density at radius 2 is 2.11 bits per heavy atom. The molecule has 1 fully saturated rings. The highest BCUT2D eigenvalue weighted by Crippen LogP contribution is 2.24. The maximum Gasteiger partial charge on any atom is 0.260 e. The van der Waals surface area contributed by atoms with Gasteiger partial charge in [0.05, 0.1) is 5.69 Å². The first-order valence-corrected chi connectivity index (χ1v) is 5.69. The highest BCUT2D eigenvalue weighted by molar-refractivity contribution is 5.81. The normalized spacial score (nSPS) is 16.2. The summed E-state index contributed by atoms with van der Waals surface area (Å²) in [5, 5.41) is 2.71. The molecule has 0 bridgehead atoms. The van der Waals surface area contributed by atoms with E-state index in [2.05, 4.69) is 5.32 Å². The average Bonchev–Trinajstić information content (AvgIpc) is 3.09. The predicted octanol–water partition coefficient (Wildman–Crippen LogP) is 1.59. The van der Waals surface area contributed by atoms with Crippen LogP contribution in [0.3, 0.4) is 0 Å². The third kappa shape index (κ3) is 2.88. The van der Waals surface area contributed by atoms with Gasteiger partial charge in [-0.15, -0.1) is 0 Å². The number of hydrogen-bond acceptors (Lipinski definition) is 3. The first kappa shape index (κ1) is 12.6. The van der Waals surface area contributed by atoms with E-state index in [9.17, 15) is 13.6 Å². The Morgan fingerprint density at radius 3 is 2.72 bits per heavy atom. The van der Waals surface area contributed by atoms with Crippen molar-refractivity contribution in [2.45, 2.75) is 31.9 Å². The van der Waals surface area contributed by atoms with Crippen molar-refractivity contribution in [3.63, 3.8) is 0 Å². The van der Waals surface area contributed by atoms with Crippen LogP contribution < -0.4 is 15.8 Å². The van der Waals surface area contributed by atoms with Gasteiger partial charge >= 0.3 is 0 Å². The molecule has 0 aliphatic heterocycles. The lowest BCUT2D eigenvalue weighted by Gasteiger charge is -2.15. The summed E-state index contributed by atoms with van der Waals surface area (Å²) in [6.07, 6.45) is 1.01. The molecule has 1 saturated carbocycles. The maximum atomic E-state index is 13.4. The molecule has 2 rings (SSSR count). The summed E-state index contributed by atoms with van der Waals surface area (Å²) in [6, 6.07) is 1.86. The Hall–Kier alpha value is -1.85. The van der Waals surface area contributed by atoms with Crippen LogP contribution >= 0.6 is 0 Å². The van der Waals surface area contributed by atoms with Crippen LogP contribution in [0.5, 0.6) is 5.75 Å². The minimum atomic E-state index is -0.886. The number of nitrogens with two attached hydrogens (primary N) is 1. The number of benzene rings is 1. The number of nitrogens with one attached hydrogen (secondary N) is 1. The number of anilines is 1. The number of rotatable bonds is 4. The minimum Gasteiger partial charge on any atom is -0.478 e. The molecule has 1 unspecified atom stereocenters. The average molecular weight is 256 g/mol. The van der Waals surface area contributed by atoms with Crippen LogP contribution in [-0.2, 0) is 4.79 Å². The molecule has 0 spiro atoms. The fourth-order valence-corrected chi connectivity index (χ4v) is 1.42. The molecular weight excluding hydrogens is 242 g/mol. The summed E-state index contributed by atoms with van der Waals surface area (Å²) >= 11 is 0. The van der Waals surface area contributed by atoms with Crippen LogP contribution in [0.1, 0.15) is 19.8 Å². The first-order chi connectivity index (χ1) is 8.47. The first-order valence-electron chi connectivity index (χ1n) is 5.69. The van der Waals surface area contributed by atoms with Crippen LogP contribution in [0.2, 0.25) is 0 Å². The van der Waals surface area contributed by atoms with E-state index in [-0.39, 0.29) is 23.4 Å². The van der Waals surface area contributed by atoms with Crippen LogP contribution in [0, 0.1) is 11.6 Å². The van der Waals surface area contributed by atoms with Gasteiger partial charge in [-0.25, -0.2) is 8.78 Å². The number of nitrogen functional groups attached to an aromatic ring is 1.